The fourth-order valence-corrected chi connectivity index (χ4v) is 1.95. The van der Waals surface area contributed by atoms with Gasteiger partial charge in [-0.2, -0.15) is 0 Å². The zero-order chi connectivity index (χ0) is 14.4. The van der Waals surface area contributed by atoms with Crippen LogP contribution >= 0.6 is 0 Å². The maximum atomic E-state index is 11.5. The van der Waals surface area contributed by atoms with E-state index in [1.54, 1.807) is 4.57 Å². The molecule has 1 aromatic heterocycles. The molecule has 1 aliphatic rings. The number of hydrogen-bond donors (Lipinski definition) is 3. The molecule has 0 aliphatic heterocycles. The van der Waals surface area contributed by atoms with Crippen LogP contribution in [0.15, 0.2) is 12.5 Å². The van der Waals surface area contributed by atoms with Crippen LogP contribution in [0.1, 0.15) is 36.2 Å². The zero-order valence-electron chi connectivity index (χ0n) is 11.3. The Hall–Kier alpha value is -2.05. The molecule has 0 spiro atoms. The van der Waals surface area contributed by atoms with Gasteiger partial charge in [0, 0.05) is 25.8 Å². The van der Waals surface area contributed by atoms with Crippen LogP contribution < -0.4 is 10.6 Å². The van der Waals surface area contributed by atoms with Crippen molar-refractivity contribution in [3.63, 3.8) is 0 Å². The third kappa shape index (κ3) is 4.91. The summed E-state index contributed by atoms with van der Waals surface area (Å²) in [5.41, 5.74) is 0.00882. The second kappa shape index (κ2) is 6.93. The predicted molar refractivity (Wildman–Crippen MR) is 72.5 cm³/mol. The first-order valence-corrected chi connectivity index (χ1v) is 6.92. The number of aromatic nitrogens is 2. The lowest BCUT2D eigenvalue weighted by molar-refractivity contribution is 0.0691. The number of rotatable bonds is 8. The highest BCUT2D eigenvalue weighted by atomic mass is 16.4. The summed E-state index contributed by atoms with van der Waals surface area (Å²) >= 11 is 0. The van der Waals surface area contributed by atoms with Crippen molar-refractivity contribution in [1.82, 2.24) is 20.2 Å². The molecule has 0 saturated heterocycles. The van der Waals surface area contributed by atoms with Crippen molar-refractivity contribution in [2.24, 2.45) is 5.92 Å². The van der Waals surface area contributed by atoms with E-state index >= 15 is 0 Å². The Morgan fingerprint density at radius 1 is 1.35 bits per heavy atom. The number of urea groups is 1. The molecule has 0 radical (unpaired) electrons. The Bertz CT molecular complexity index is 468. The second-order valence-corrected chi connectivity index (χ2v) is 5.07. The number of aromatic carboxylic acids is 1. The van der Waals surface area contributed by atoms with Crippen molar-refractivity contribution >= 4 is 12.0 Å². The van der Waals surface area contributed by atoms with Crippen LogP contribution in [0.4, 0.5) is 4.79 Å². The summed E-state index contributed by atoms with van der Waals surface area (Å²) in [4.78, 5) is 25.8. The number of hydrogen-bond acceptors (Lipinski definition) is 3. The number of amides is 2. The Morgan fingerprint density at radius 2 is 2.10 bits per heavy atom. The van der Waals surface area contributed by atoms with Gasteiger partial charge in [0.15, 0.2) is 5.69 Å². The molecule has 2 rings (SSSR count). The molecule has 110 valence electrons. The first-order valence-electron chi connectivity index (χ1n) is 6.92. The molecule has 2 amide bonds. The van der Waals surface area contributed by atoms with Gasteiger partial charge in [0.05, 0.1) is 6.33 Å². The maximum Gasteiger partial charge on any atom is 0.356 e. The van der Waals surface area contributed by atoms with Crippen LogP contribution in [0.25, 0.3) is 0 Å². The summed E-state index contributed by atoms with van der Waals surface area (Å²) in [5.74, 6) is -0.158. The van der Waals surface area contributed by atoms with E-state index in [-0.39, 0.29) is 11.7 Å². The molecule has 0 unspecified atom stereocenters. The first kappa shape index (κ1) is 14.4. The van der Waals surface area contributed by atoms with Gasteiger partial charge in [0.2, 0.25) is 0 Å². The van der Waals surface area contributed by atoms with Gasteiger partial charge in [-0.3, -0.25) is 0 Å². The molecule has 0 atom stereocenters. The van der Waals surface area contributed by atoms with Crippen molar-refractivity contribution in [1.29, 1.82) is 0 Å². The van der Waals surface area contributed by atoms with Gasteiger partial charge < -0.3 is 20.3 Å². The number of carboxylic acids is 1. The zero-order valence-corrected chi connectivity index (χ0v) is 11.3. The Balaban J connectivity index is 1.54. The van der Waals surface area contributed by atoms with Crippen molar-refractivity contribution in [3.05, 3.63) is 18.2 Å². The van der Waals surface area contributed by atoms with Crippen LogP contribution in [0, 0.1) is 5.92 Å². The van der Waals surface area contributed by atoms with Crippen molar-refractivity contribution in [3.8, 4) is 0 Å². The summed E-state index contributed by atoms with van der Waals surface area (Å²) in [6, 6.07) is -0.181. The summed E-state index contributed by atoms with van der Waals surface area (Å²) in [7, 11) is 0. The standard InChI is InChI=1S/C13H20N4O3/c18-12(19)11-8-17(9-16-11)7-6-15-13(20)14-5-1-2-10-3-4-10/h8-10H,1-7H2,(H,18,19)(H2,14,15,20). The van der Waals surface area contributed by atoms with E-state index in [0.29, 0.717) is 19.6 Å². The van der Waals surface area contributed by atoms with Crippen LogP contribution in [-0.4, -0.2) is 39.7 Å². The van der Waals surface area contributed by atoms with Gasteiger partial charge >= 0.3 is 12.0 Å². The molecule has 0 bridgehead atoms. The lowest BCUT2D eigenvalue weighted by Crippen LogP contribution is -2.37. The maximum absolute atomic E-state index is 11.5. The van der Waals surface area contributed by atoms with Crippen LogP contribution in [0.3, 0.4) is 0 Å². The average Bonchev–Trinajstić information content (AvgIpc) is 3.11. The highest BCUT2D eigenvalue weighted by Gasteiger charge is 2.20. The molecule has 0 aromatic carbocycles. The Labute approximate surface area is 117 Å². The average molecular weight is 280 g/mol. The summed E-state index contributed by atoms with van der Waals surface area (Å²) in [5, 5.41) is 14.3. The van der Waals surface area contributed by atoms with Gasteiger partial charge in [-0.1, -0.05) is 12.8 Å². The van der Waals surface area contributed by atoms with Gasteiger partial charge in [-0.25, -0.2) is 14.6 Å². The molecule has 1 aromatic rings. The van der Waals surface area contributed by atoms with Crippen LogP contribution in [0.5, 0.6) is 0 Å². The molecule has 20 heavy (non-hydrogen) atoms. The molecule has 1 aliphatic carbocycles. The van der Waals surface area contributed by atoms with E-state index in [1.165, 1.54) is 31.8 Å². The minimum Gasteiger partial charge on any atom is -0.476 e. The summed E-state index contributed by atoms with van der Waals surface area (Å²) < 4.78 is 1.64. The molecule has 1 heterocycles. The smallest absolute Gasteiger partial charge is 0.356 e. The summed E-state index contributed by atoms with van der Waals surface area (Å²) in [6.07, 6.45) is 7.80. The van der Waals surface area contributed by atoms with E-state index in [2.05, 4.69) is 15.6 Å². The van der Waals surface area contributed by atoms with E-state index in [9.17, 15) is 9.59 Å². The third-order valence-corrected chi connectivity index (χ3v) is 3.28. The van der Waals surface area contributed by atoms with Crippen molar-refractivity contribution in [2.75, 3.05) is 13.1 Å². The third-order valence-electron chi connectivity index (χ3n) is 3.28. The monoisotopic (exact) mass is 280 g/mol. The van der Waals surface area contributed by atoms with E-state index in [1.807, 2.05) is 0 Å². The molecular weight excluding hydrogens is 260 g/mol. The van der Waals surface area contributed by atoms with Crippen LogP contribution in [0.2, 0.25) is 0 Å². The van der Waals surface area contributed by atoms with Gasteiger partial charge in [0.25, 0.3) is 0 Å². The number of nitrogens with zero attached hydrogens (tertiary/aromatic N) is 2. The Morgan fingerprint density at radius 3 is 2.75 bits per heavy atom. The molecule has 7 heteroatoms. The fourth-order valence-electron chi connectivity index (χ4n) is 1.95. The van der Waals surface area contributed by atoms with Gasteiger partial charge in [-0.15, -0.1) is 0 Å². The normalized spacial score (nSPS) is 14.0. The largest absolute Gasteiger partial charge is 0.476 e. The minimum atomic E-state index is -1.05. The quantitative estimate of drug-likeness (QED) is 0.621. The predicted octanol–water partition coefficient (Wildman–Crippen LogP) is 1.07. The number of imidazole rings is 1. The van der Waals surface area contributed by atoms with Gasteiger partial charge in [-0.05, 0) is 18.8 Å². The molecule has 1 fully saturated rings. The lowest BCUT2D eigenvalue weighted by atomic mass is 10.2. The molecule has 3 N–H and O–H groups in total. The number of carboxylic acid groups (broad SMARTS) is 1. The van der Waals surface area contributed by atoms with Gasteiger partial charge in [0.1, 0.15) is 0 Å². The fraction of sp³-hybridized carbons (Fsp3) is 0.615. The van der Waals surface area contributed by atoms with Crippen molar-refractivity contribution in [2.45, 2.75) is 32.2 Å². The lowest BCUT2D eigenvalue weighted by Gasteiger charge is -2.07. The highest BCUT2D eigenvalue weighted by Crippen LogP contribution is 2.33. The number of carbonyl (C=O) groups is 2. The first-order chi connectivity index (χ1) is 9.65. The highest BCUT2D eigenvalue weighted by molar-refractivity contribution is 5.84. The number of carbonyl (C=O) groups excluding carboxylic acids is 1. The SMILES string of the molecule is O=C(NCCCC1CC1)NCCn1cnc(C(=O)O)c1. The molecule has 7 nitrogen and oxygen atoms in total. The minimum absolute atomic E-state index is 0.00882. The van der Waals surface area contributed by atoms with Crippen molar-refractivity contribution < 1.29 is 14.7 Å². The molecule has 1 saturated carbocycles. The second-order valence-electron chi connectivity index (χ2n) is 5.07. The Kier molecular flexibility index (Phi) is 4.97. The molecular formula is C13H20N4O3. The van der Waals surface area contributed by atoms with E-state index in [0.717, 1.165) is 12.3 Å². The summed E-state index contributed by atoms with van der Waals surface area (Å²) in [6.45, 7) is 1.64. The van der Waals surface area contributed by atoms with Crippen LogP contribution in [-0.2, 0) is 6.54 Å². The topological polar surface area (TPSA) is 96.3 Å². The van der Waals surface area contributed by atoms with E-state index in [4.69, 9.17) is 5.11 Å². The number of nitrogens with one attached hydrogen (secondary N) is 2. The van der Waals surface area contributed by atoms with E-state index < -0.39 is 5.97 Å².